The van der Waals surface area contributed by atoms with Gasteiger partial charge in [-0.2, -0.15) is 5.10 Å². The molecule has 1 aromatic heterocycles. The molecule has 0 saturated carbocycles. The third-order valence-electron chi connectivity index (χ3n) is 5.15. The van der Waals surface area contributed by atoms with Gasteiger partial charge in [-0.05, 0) is 43.5 Å². The number of hydrogen-bond donors (Lipinski definition) is 2. The Morgan fingerprint density at radius 1 is 1.27 bits per heavy atom. The number of aliphatic imine (C=N–C) groups is 1. The number of aromatic nitrogens is 2. The zero-order chi connectivity index (χ0) is 21.4. The number of rotatable bonds is 8. The fourth-order valence-corrected chi connectivity index (χ4v) is 4.09. The number of guanidine groups is 1. The van der Waals surface area contributed by atoms with E-state index in [9.17, 15) is 8.42 Å². The molecule has 0 radical (unpaired) electrons. The van der Waals surface area contributed by atoms with Crippen molar-refractivity contribution < 1.29 is 8.42 Å². The van der Waals surface area contributed by atoms with Crippen molar-refractivity contribution in [2.75, 3.05) is 38.2 Å². The van der Waals surface area contributed by atoms with Gasteiger partial charge in [-0.1, -0.05) is 12.1 Å². The zero-order valence-electron chi connectivity index (χ0n) is 17.8. The standard InChI is InChI=1S/C21H32N6O2S/c1-3-22-21(25-19-8-12-26(13-9-19)14-15-30(2,28)29)23-17-18-6-4-7-20(16-18)27-11-5-10-24-27/h4-7,10-11,16,19H,3,8-9,12-15,17H2,1-2H3,(H2,22,23,25). The first-order valence-corrected chi connectivity index (χ1v) is 12.5. The molecule has 0 bridgehead atoms. The molecule has 1 saturated heterocycles. The lowest BCUT2D eigenvalue weighted by atomic mass is 10.1. The molecule has 0 aliphatic carbocycles. The number of piperidine rings is 1. The summed E-state index contributed by atoms with van der Waals surface area (Å²) in [5.74, 6) is 1.05. The lowest BCUT2D eigenvalue weighted by molar-refractivity contribution is 0.216. The molecule has 2 heterocycles. The first-order chi connectivity index (χ1) is 14.4. The van der Waals surface area contributed by atoms with Gasteiger partial charge in [0.2, 0.25) is 0 Å². The molecule has 1 fully saturated rings. The molecule has 164 valence electrons. The monoisotopic (exact) mass is 432 g/mol. The second-order valence-electron chi connectivity index (χ2n) is 7.71. The van der Waals surface area contributed by atoms with Gasteiger partial charge in [-0.15, -0.1) is 0 Å². The summed E-state index contributed by atoms with van der Waals surface area (Å²) in [6, 6.07) is 10.5. The van der Waals surface area contributed by atoms with E-state index < -0.39 is 9.84 Å². The van der Waals surface area contributed by atoms with Gasteiger partial charge in [-0.3, -0.25) is 0 Å². The molecule has 2 N–H and O–H groups in total. The highest BCUT2D eigenvalue weighted by Crippen LogP contribution is 2.12. The van der Waals surface area contributed by atoms with Crippen molar-refractivity contribution in [3.8, 4) is 5.69 Å². The van der Waals surface area contributed by atoms with E-state index >= 15 is 0 Å². The highest BCUT2D eigenvalue weighted by atomic mass is 32.2. The van der Waals surface area contributed by atoms with E-state index in [1.165, 1.54) is 6.26 Å². The van der Waals surface area contributed by atoms with Crippen LogP contribution in [0.1, 0.15) is 25.3 Å². The smallest absolute Gasteiger partial charge is 0.191 e. The highest BCUT2D eigenvalue weighted by Gasteiger charge is 2.20. The SMILES string of the molecule is CCNC(=NCc1cccc(-n2cccn2)c1)NC1CCN(CCS(C)(=O)=O)CC1. The second-order valence-corrected chi connectivity index (χ2v) is 9.97. The number of benzene rings is 1. The fourth-order valence-electron chi connectivity index (χ4n) is 3.50. The highest BCUT2D eigenvalue weighted by molar-refractivity contribution is 7.90. The van der Waals surface area contributed by atoms with Crippen molar-refractivity contribution in [2.45, 2.75) is 32.4 Å². The van der Waals surface area contributed by atoms with Gasteiger partial charge in [0, 0.05) is 50.9 Å². The van der Waals surface area contributed by atoms with Crippen LogP contribution in [0, 0.1) is 0 Å². The van der Waals surface area contributed by atoms with Gasteiger partial charge in [-0.25, -0.2) is 18.1 Å². The van der Waals surface area contributed by atoms with Gasteiger partial charge in [0.05, 0.1) is 18.0 Å². The minimum absolute atomic E-state index is 0.229. The van der Waals surface area contributed by atoms with Crippen LogP contribution in [0.25, 0.3) is 5.69 Å². The summed E-state index contributed by atoms with van der Waals surface area (Å²) in [6.45, 7) is 5.86. The molecule has 30 heavy (non-hydrogen) atoms. The third-order valence-corrected chi connectivity index (χ3v) is 6.07. The molecule has 0 unspecified atom stereocenters. The molecule has 1 aromatic carbocycles. The summed E-state index contributed by atoms with van der Waals surface area (Å²) in [4.78, 5) is 6.99. The number of hydrogen-bond acceptors (Lipinski definition) is 5. The van der Waals surface area contributed by atoms with Gasteiger partial charge in [0.15, 0.2) is 5.96 Å². The average molecular weight is 433 g/mol. The fraction of sp³-hybridized carbons (Fsp3) is 0.524. The minimum atomic E-state index is -2.91. The third kappa shape index (κ3) is 7.14. The Morgan fingerprint density at radius 3 is 2.73 bits per heavy atom. The van der Waals surface area contributed by atoms with Crippen molar-refractivity contribution >= 4 is 15.8 Å². The summed E-state index contributed by atoms with van der Waals surface area (Å²) in [7, 11) is -2.91. The Morgan fingerprint density at radius 2 is 2.07 bits per heavy atom. The van der Waals surface area contributed by atoms with Crippen molar-refractivity contribution in [2.24, 2.45) is 4.99 Å². The minimum Gasteiger partial charge on any atom is -0.357 e. The first kappa shape index (κ1) is 22.3. The lowest BCUT2D eigenvalue weighted by Crippen LogP contribution is -2.49. The van der Waals surface area contributed by atoms with Crippen LogP contribution in [0.15, 0.2) is 47.7 Å². The first-order valence-electron chi connectivity index (χ1n) is 10.5. The number of nitrogens with zero attached hydrogens (tertiary/aromatic N) is 4. The number of nitrogens with one attached hydrogen (secondary N) is 2. The average Bonchev–Trinajstić information content (AvgIpc) is 3.26. The van der Waals surface area contributed by atoms with E-state index in [0.717, 1.165) is 49.7 Å². The number of sulfone groups is 1. The van der Waals surface area contributed by atoms with E-state index in [-0.39, 0.29) is 5.75 Å². The van der Waals surface area contributed by atoms with Crippen LogP contribution in [0.3, 0.4) is 0 Å². The van der Waals surface area contributed by atoms with Gasteiger partial charge in [0.1, 0.15) is 9.84 Å². The summed E-state index contributed by atoms with van der Waals surface area (Å²) >= 11 is 0. The van der Waals surface area contributed by atoms with E-state index in [1.807, 2.05) is 29.1 Å². The predicted octanol–water partition coefficient (Wildman–Crippen LogP) is 1.44. The molecule has 9 heteroatoms. The van der Waals surface area contributed by atoms with Crippen molar-refractivity contribution in [1.29, 1.82) is 0 Å². The second kappa shape index (κ2) is 10.6. The number of likely N-dealkylation sites (tertiary alicyclic amines) is 1. The van der Waals surface area contributed by atoms with E-state index in [4.69, 9.17) is 4.99 Å². The van der Waals surface area contributed by atoms with Crippen LogP contribution in [0.2, 0.25) is 0 Å². The van der Waals surface area contributed by atoms with Crippen molar-refractivity contribution in [3.63, 3.8) is 0 Å². The zero-order valence-corrected chi connectivity index (χ0v) is 18.6. The van der Waals surface area contributed by atoms with Crippen molar-refractivity contribution in [3.05, 3.63) is 48.3 Å². The van der Waals surface area contributed by atoms with Crippen LogP contribution in [-0.4, -0.2) is 73.3 Å². The Bertz CT molecular complexity index is 919. The lowest BCUT2D eigenvalue weighted by Gasteiger charge is -2.32. The molecule has 8 nitrogen and oxygen atoms in total. The summed E-state index contributed by atoms with van der Waals surface area (Å²) in [5.41, 5.74) is 2.14. The van der Waals surface area contributed by atoms with Crippen molar-refractivity contribution in [1.82, 2.24) is 25.3 Å². The topological polar surface area (TPSA) is 91.6 Å². The van der Waals surface area contributed by atoms with E-state index in [1.54, 1.807) is 6.20 Å². The van der Waals surface area contributed by atoms with E-state index in [0.29, 0.717) is 19.1 Å². The Hall–Kier alpha value is -2.39. The normalized spacial score (nSPS) is 16.5. The molecule has 1 aliphatic rings. The predicted molar refractivity (Wildman–Crippen MR) is 121 cm³/mol. The van der Waals surface area contributed by atoms with Crippen LogP contribution in [0.5, 0.6) is 0 Å². The summed E-state index contributed by atoms with van der Waals surface area (Å²) < 4.78 is 24.6. The molecule has 3 rings (SSSR count). The van der Waals surface area contributed by atoms with Gasteiger partial charge in [0.25, 0.3) is 0 Å². The molecule has 0 atom stereocenters. The largest absolute Gasteiger partial charge is 0.357 e. The summed E-state index contributed by atoms with van der Waals surface area (Å²) in [6.07, 6.45) is 6.94. The maximum atomic E-state index is 11.4. The molecule has 1 aliphatic heterocycles. The molecular formula is C21H32N6O2S. The van der Waals surface area contributed by atoms with Gasteiger partial charge < -0.3 is 15.5 Å². The Kier molecular flexibility index (Phi) is 7.87. The molecule has 0 spiro atoms. The Balaban J connectivity index is 1.54. The van der Waals surface area contributed by atoms with E-state index in [2.05, 4.69) is 39.7 Å². The quantitative estimate of drug-likeness (QED) is 0.484. The molecule has 2 aromatic rings. The molecule has 0 amide bonds. The van der Waals surface area contributed by atoms with Crippen LogP contribution in [0.4, 0.5) is 0 Å². The molecular weight excluding hydrogens is 400 g/mol. The maximum absolute atomic E-state index is 11.4. The van der Waals surface area contributed by atoms with Crippen LogP contribution >= 0.6 is 0 Å². The summed E-state index contributed by atoms with van der Waals surface area (Å²) in [5, 5.41) is 11.1. The van der Waals surface area contributed by atoms with Crippen LogP contribution in [-0.2, 0) is 16.4 Å². The van der Waals surface area contributed by atoms with Crippen LogP contribution < -0.4 is 10.6 Å². The van der Waals surface area contributed by atoms with Gasteiger partial charge >= 0.3 is 0 Å². The maximum Gasteiger partial charge on any atom is 0.191 e. The Labute approximate surface area is 179 Å².